The van der Waals surface area contributed by atoms with E-state index in [2.05, 4.69) is 39.8 Å². The Morgan fingerprint density at radius 2 is 2.19 bits per heavy atom. The molecule has 2 rings (SSSR count). The Hall–Kier alpha value is -2.35. The van der Waals surface area contributed by atoms with Gasteiger partial charge in [-0.3, -0.25) is 0 Å². The summed E-state index contributed by atoms with van der Waals surface area (Å²) in [4.78, 5) is 20.8. The molecular formula is C18H26N4O3S. The third kappa shape index (κ3) is 5.32. The van der Waals surface area contributed by atoms with Gasteiger partial charge in [0.25, 0.3) is 0 Å². The molecule has 0 spiro atoms. The Labute approximate surface area is 157 Å². The number of hydrogen-bond acceptors (Lipinski definition) is 6. The van der Waals surface area contributed by atoms with E-state index in [0.717, 1.165) is 17.2 Å². The summed E-state index contributed by atoms with van der Waals surface area (Å²) in [5.41, 5.74) is 1.54. The van der Waals surface area contributed by atoms with E-state index in [-0.39, 0.29) is 0 Å². The molecule has 0 radical (unpaired) electrons. The van der Waals surface area contributed by atoms with E-state index in [4.69, 9.17) is 9.15 Å². The monoisotopic (exact) mass is 378 g/mol. The van der Waals surface area contributed by atoms with Crippen molar-refractivity contribution < 1.29 is 13.9 Å². The first-order chi connectivity index (χ1) is 12.4. The number of aliphatic imine (C=N–C) groups is 1. The average Bonchev–Trinajstić information content (AvgIpc) is 3.23. The Kier molecular flexibility index (Phi) is 7.20. The Balaban J connectivity index is 2.00. The SMILES string of the molecule is CCNC(=NCc1cc(C(=O)OC)c(C)o1)NCc1nc(C(C)C)cs1. The maximum absolute atomic E-state index is 11.6. The molecule has 26 heavy (non-hydrogen) atoms. The number of furan rings is 1. The predicted molar refractivity (Wildman–Crippen MR) is 103 cm³/mol. The number of hydrogen-bond donors (Lipinski definition) is 2. The van der Waals surface area contributed by atoms with Crippen LogP contribution < -0.4 is 10.6 Å². The van der Waals surface area contributed by atoms with Crippen molar-refractivity contribution in [2.24, 2.45) is 4.99 Å². The normalized spacial score (nSPS) is 11.7. The van der Waals surface area contributed by atoms with E-state index in [1.165, 1.54) is 7.11 Å². The van der Waals surface area contributed by atoms with Crippen LogP contribution in [-0.4, -0.2) is 30.6 Å². The van der Waals surface area contributed by atoms with Crippen LogP contribution in [0.3, 0.4) is 0 Å². The van der Waals surface area contributed by atoms with Gasteiger partial charge in [-0.1, -0.05) is 13.8 Å². The molecule has 0 saturated heterocycles. The molecule has 2 aromatic rings. The third-order valence-corrected chi connectivity index (χ3v) is 4.55. The molecule has 0 aliphatic carbocycles. The highest BCUT2D eigenvalue weighted by Gasteiger charge is 2.15. The van der Waals surface area contributed by atoms with Crippen LogP contribution in [0.1, 0.15) is 59.3 Å². The summed E-state index contributed by atoms with van der Waals surface area (Å²) < 4.78 is 10.3. The lowest BCUT2D eigenvalue weighted by Crippen LogP contribution is -2.36. The molecule has 0 aliphatic heterocycles. The number of methoxy groups -OCH3 is 1. The lowest BCUT2D eigenvalue weighted by atomic mass is 10.2. The largest absolute Gasteiger partial charge is 0.465 e. The van der Waals surface area contributed by atoms with E-state index >= 15 is 0 Å². The minimum absolute atomic E-state index is 0.322. The summed E-state index contributed by atoms with van der Waals surface area (Å²) in [6, 6.07) is 1.67. The molecule has 142 valence electrons. The van der Waals surface area contributed by atoms with Crippen LogP contribution in [0.2, 0.25) is 0 Å². The van der Waals surface area contributed by atoms with E-state index in [0.29, 0.717) is 42.1 Å². The van der Waals surface area contributed by atoms with Gasteiger partial charge in [-0.15, -0.1) is 11.3 Å². The van der Waals surface area contributed by atoms with Crippen LogP contribution >= 0.6 is 11.3 Å². The van der Waals surface area contributed by atoms with Crippen molar-refractivity contribution in [2.45, 2.75) is 46.7 Å². The number of aryl methyl sites for hydroxylation is 1. The summed E-state index contributed by atoms with van der Waals surface area (Å²) in [5, 5.41) is 9.56. The summed E-state index contributed by atoms with van der Waals surface area (Å²) in [5.74, 6) is 1.83. The van der Waals surface area contributed by atoms with Crippen molar-refractivity contribution in [3.8, 4) is 0 Å². The molecule has 2 N–H and O–H groups in total. The number of nitrogens with zero attached hydrogens (tertiary/aromatic N) is 2. The molecule has 7 nitrogen and oxygen atoms in total. The second-order valence-corrected chi connectivity index (χ2v) is 6.99. The molecule has 2 aromatic heterocycles. The van der Waals surface area contributed by atoms with Crippen molar-refractivity contribution in [1.82, 2.24) is 15.6 Å². The molecule has 0 fully saturated rings. The number of nitrogens with one attached hydrogen (secondary N) is 2. The molecule has 0 saturated carbocycles. The smallest absolute Gasteiger partial charge is 0.341 e. The van der Waals surface area contributed by atoms with Crippen molar-refractivity contribution in [1.29, 1.82) is 0 Å². The first kappa shape index (κ1) is 20.0. The van der Waals surface area contributed by atoms with E-state index < -0.39 is 5.97 Å². The van der Waals surface area contributed by atoms with Crippen LogP contribution in [-0.2, 0) is 17.8 Å². The molecule has 0 bridgehead atoms. The van der Waals surface area contributed by atoms with E-state index in [1.54, 1.807) is 24.3 Å². The minimum Gasteiger partial charge on any atom is -0.465 e. The molecule has 2 heterocycles. The first-order valence-corrected chi connectivity index (χ1v) is 9.46. The Morgan fingerprint density at radius 3 is 2.81 bits per heavy atom. The Morgan fingerprint density at radius 1 is 1.42 bits per heavy atom. The summed E-state index contributed by atoms with van der Waals surface area (Å²) in [7, 11) is 1.35. The van der Waals surface area contributed by atoms with Crippen LogP contribution in [0.4, 0.5) is 0 Å². The van der Waals surface area contributed by atoms with Gasteiger partial charge in [-0.05, 0) is 25.8 Å². The number of thiazole rings is 1. The highest BCUT2D eigenvalue weighted by molar-refractivity contribution is 7.09. The molecular weight excluding hydrogens is 352 g/mol. The van der Waals surface area contributed by atoms with Crippen molar-refractivity contribution in [3.63, 3.8) is 0 Å². The number of aromatic nitrogens is 1. The van der Waals surface area contributed by atoms with Gasteiger partial charge in [0, 0.05) is 11.9 Å². The van der Waals surface area contributed by atoms with E-state index in [9.17, 15) is 4.79 Å². The van der Waals surface area contributed by atoms with Crippen LogP contribution in [0.5, 0.6) is 0 Å². The Bertz CT molecular complexity index is 764. The molecule has 0 aromatic carbocycles. The minimum atomic E-state index is -0.406. The summed E-state index contributed by atoms with van der Waals surface area (Å²) in [6.45, 7) is 9.67. The third-order valence-electron chi connectivity index (χ3n) is 3.68. The van der Waals surface area contributed by atoms with Gasteiger partial charge in [0.2, 0.25) is 0 Å². The zero-order chi connectivity index (χ0) is 19.1. The van der Waals surface area contributed by atoms with Gasteiger partial charge in [0.15, 0.2) is 5.96 Å². The number of carbonyl (C=O) groups is 1. The molecule has 0 unspecified atom stereocenters. The van der Waals surface area contributed by atoms with Gasteiger partial charge in [-0.25, -0.2) is 14.8 Å². The van der Waals surface area contributed by atoms with Gasteiger partial charge in [0.05, 0.1) is 19.3 Å². The zero-order valence-corrected chi connectivity index (χ0v) is 16.7. The number of esters is 1. The first-order valence-electron chi connectivity index (χ1n) is 8.58. The van der Waals surface area contributed by atoms with Gasteiger partial charge < -0.3 is 19.8 Å². The standard InChI is InChI=1S/C18H26N4O3S/c1-6-19-18(21-9-16-22-15(10-26-16)11(2)3)20-8-13-7-14(12(4)25-13)17(23)24-5/h7,10-11H,6,8-9H2,1-5H3,(H2,19,20,21). The van der Waals surface area contributed by atoms with Crippen LogP contribution in [0, 0.1) is 6.92 Å². The second-order valence-electron chi connectivity index (χ2n) is 6.04. The van der Waals surface area contributed by atoms with E-state index in [1.807, 2.05) is 6.92 Å². The quantitative estimate of drug-likeness (QED) is 0.437. The zero-order valence-electron chi connectivity index (χ0n) is 15.9. The maximum atomic E-state index is 11.6. The fourth-order valence-electron chi connectivity index (χ4n) is 2.26. The predicted octanol–water partition coefficient (Wildman–Crippen LogP) is 3.21. The van der Waals surface area contributed by atoms with Crippen LogP contribution in [0.15, 0.2) is 20.9 Å². The maximum Gasteiger partial charge on any atom is 0.341 e. The average molecular weight is 378 g/mol. The fraction of sp³-hybridized carbons (Fsp3) is 0.500. The van der Waals surface area contributed by atoms with Crippen LogP contribution in [0.25, 0.3) is 0 Å². The second kappa shape index (κ2) is 9.38. The van der Waals surface area contributed by atoms with Crippen molar-refractivity contribution in [2.75, 3.05) is 13.7 Å². The molecule has 8 heteroatoms. The van der Waals surface area contributed by atoms with Gasteiger partial charge in [-0.2, -0.15) is 0 Å². The lowest BCUT2D eigenvalue weighted by molar-refractivity contribution is 0.0599. The number of ether oxygens (including phenoxy) is 1. The molecule has 0 aliphatic rings. The summed E-state index contributed by atoms with van der Waals surface area (Å²) in [6.07, 6.45) is 0. The van der Waals surface area contributed by atoms with Gasteiger partial charge in [0.1, 0.15) is 28.6 Å². The van der Waals surface area contributed by atoms with Crippen molar-refractivity contribution in [3.05, 3.63) is 39.2 Å². The highest BCUT2D eigenvalue weighted by atomic mass is 32.1. The fourth-order valence-corrected chi connectivity index (χ4v) is 3.16. The number of rotatable bonds is 7. The van der Waals surface area contributed by atoms with Crippen molar-refractivity contribution >= 4 is 23.3 Å². The number of carbonyl (C=O) groups excluding carboxylic acids is 1. The number of guanidine groups is 1. The summed E-state index contributed by atoms with van der Waals surface area (Å²) >= 11 is 1.64. The molecule has 0 amide bonds. The molecule has 0 atom stereocenters. The highest BCUT2D eigenvalue weighted by Crippen LogP contribution is 2.18. The topological polar surface area (TPSA) is 88.8 Å². The van der Waals surface area contributed by atoms with Gasteiger partial charge >= 0.3 is 5.97 Å². The lowest BCUT2D eigenvalue weighted by Gasteiger charge is -2.09.